The molecule has 1 saturated heterocycles. The highest BCUT2D eigenvalue weighted by atomic mass is 19.1. The molecule has 1 amide bonds. The standard InChI is InChI=1S/C9H12FNO/c1-2-3-4-5-9(12)11-6-8(10)7-11/h2-5,8H,6-7H2,1H3/b3-2+,5-4+. The van der Waals surface area contributed by atoms with Gasteiger partial charge in [-0.15, -0.1) is 0 Å². The van der Waals surface area contributed by atoms with Gasteiger partial charge < -0.3 is 4.90 Å². The Hall–Kier alpha value is -1.12. The van der Waals surface area contributed by atoms with Gasteiger partial charge >= 0.3 is 0 Å². The number of carbonyl (C=O) groups excluding carboxylic acids is 1. The Bertz CT molecular complexity index is 217. The van der Waals surface area contributed by atoms with Gasteiger partial charge in [0.15, 0.2) is 0 Å². The summed E-state index contributed by atoms with van der Waals surface area (Å²) in [4.78, 5) is 12.6. The van der Waals surface area contributed by atoms with Crippen LogP contribution in [-0.4, -0.2) is 30.1 Å². The van der Waals surface area contributed by atoms with Gasteiger partial charge in [-0.3, -0.25) is 4.79 Å². The summed E-state index contributed by atoms with van der Waals surface area (Å²) in [5, 5.41) is 0. The van der Waals surface area contributed by atoms with Crippen molar-refractivity contribution in [1.29, 1.82) is 0 Å². The van der Waals surface area contributed by atoms with Crippen molar-refractivity contribution in [3.63, 3.8) is 0 Å². The first-order chi connectivity index (χ1) is 5.74. The van der Waals surface area contributed by atoms with Gasteiger partial charge in [0.2, 0.25) is 5.91 Å². The van der Waals surface area contributed by atoms with Crippen LogP contribution >= 0.6 is 0 Å². The van der Waals surface area contributed by atoms with Crippen LogP contribution in [0.5, 0.6) is 0 Å². The van der Waals surface area contributed by atoms with E-state index in [1.807, 2.05) is 13.0 Å². The molecule has 0 aromatic carbocycles. The molecule has 0 bridgehead atoms. The highest BCUT2D eigenvalue weighted by Gasteiger charge is 2.28. The molecule has 2 nitrogen and oxygen atoms in total. The highest BCUT2D eigenvalue weighted by Crippen LogP contribution is 2.11. The lowest BCUT2D eigenvalue weighted by Gasteiger charge is -2.33. The van der Waals surface area contributed by atoms with Crippen LogP contribution in [-0.2, 0) is 4.79 Å². The zero-order chi connectivity index (χ0) is 8.97. The fourth-order valence-corrected chi connectivity index (χ4v) is 0.959. The predicted octanol–water partition coefficient (Wildman–Crippen LogP) is 1.30. The van der Waals surface area contributed by atoms with E-state index in [1.54, 1.807) is 12.2 Å². The number of amides is 1. The third-order valence-corrected chi connectivity index (χ3v) is 1.69. The number of alkyl halides is 1. The summed E-state index contributed by atoms with van der Waals surface area (Å²) in [7, 11) is 0. The van der Waals surface area contributed by atoms with Crippen LogP contribution < -0.4 is 0 Å². The third-order valence-electron chi connectivity index (χ3n) is 1.69. The molecule has 1 fully saturated rings. The number of nitrogens with zero attached hydrogens (tertiary/aromatic N) is 1. The Labute approximate surface area is 71.4 Å². The van der Waals surface area contributed by atoms with E-state index in [0.717, 1.165) is 0 Å². The quantitative estimate of drug-likeness (QED) is 0.450. The molecule has 0 aromatic rings. The average molecular weight is 169 g/mol. The average Bonchev–Trinajstić information content (AvgIpc) is 1.99. The van der Waals surface area contributed by atoms with Crippen molar-refractivity contribution < 1.29 is 9.18 Å². The predicted molar refractivity (Wildman–Crippen MR) is 45.4 cm³/mol. The fraction of sp³-hybridized carbons (Fsp3) is 0.444. The molecular formula is C9H12FNO. The van der Waals surface area contributed by atoms with E-state index in [2.05, 4.69) is 0 Å². The second-order valence-corrected chi connectivity index (χ2v) is 2.73. The Morgan fingerprint density at radius 1 is 1.50 bits per heavy atom. The molecule has 0 radical (unpaired) electrons. The van der Waals surface area contributed by atoms with Gasteiger partial charge in [-0.2, -0.15) is 0 Å². The lowest BCUT2D eigenvalue weighted by molar-refractivity contribution is -0.132. The number of allylic oxidation sites excluding steroid dienone is 3. The SMILES string of the molecule is C/C=C/C=C/C(=O)N1CC(F)C1. The van der Waals surface area contributed by atoms with Crippen LogP contribution in [0.15, 0.2) is 24.3 Å². The summed E-state index contributed by atoms with van der Waals surface area (Å²) >= 11 is 0. The summed E-state index contributed by atoms with van der Waals surface area (Å²) in [6.07, 6.45) is 5.89. The van der Waals surface area contributed by atoms with E-state index in [0.29, 0.717) is 0 Å². The second-order valence-electron chi connectivity index (χ2n) is 2.73. The largest absolute Gasteiger partial charge is 0.333 e. The maximum Gasteiger partial charge on any atom is 0.246 e. The Morgan fingerprint density at radius 2 is 2.17 bits per heavy atom. The van der Waals surface area contributed by atoms with Crippen molar-refractivity contribution in [3.8, 4) is 0 Å². The van der Waals surface area contributed by atoms with Gasteiger partial charge in [0.05, 0.1) is 13.1 Å². The second kappa shape index (κ2) is 4.04. The molecule has 0 unspecified atom stereocenters. The van der Waals surface area contributed by atoms with E-state index in [-0.39, 0.29) is 19.0 Å². The molecule has 0 spiro atoms. The summed E-state index contributed by atoms with van der Waals surface area (Å²) in [5.41, 5.74) is 0. The Morgan fingerprint density at radius 3 is 2.67 bits per heavy atom. The van der Waals surface area contributed by atoms with Crippen molar-refractivity contribution in [3.05, 3.63) is 24.3 Å². The van der Waals surface area contributed by atoms with Gasteiger partial charge in [0.1, 0.15) is 6.17 Å². The lowest BCUT2D eigenvalue weighted by Crippen LogP contribution is -2.50. The number of rotatable bonds is 2. The molecule has 3 heteroatoms. The normalized spacial score (nSPS) is 19.0. The minimum Gasteiger partial charge on any atom is -0.333 e. The molecule has 1 aliphatic rings. The van der Waals surface area contributed by atoms with Crippen LogP contribution in [0.25, 0.3) is 0 Å². The molecule has 0 N–H and O–H groups in total. The third kappa shape index (κ3) is 2.19. The van der Waals surface area contributed by atoms with Crippen LogP contribution in [0.2, 0.25) is 0 Å². The van der Waals surface area contributed by atoms with E-state index < -0.39 is 6.17 Å². The molecule has 1 heterocycles. The monoisotopic (exact) mass is 169 g/mol. The number of carbonyl (C=O) groups is 1. The van der Waals surface area contributed by atoms with E-state index in [4.69, 9.17) is 0 Å². The Kier molecular flexibility index (Phi) is 3.02. The molecular weight excluding hydrogens is 157 g/mol. The lowest BCUT2D eigenvalue weighted by atomic mass is 10.2. The van der Waals surface area contributed by atoms with E-state index in [1.165, 1.54) is 11.0 Å². The van der Waals surface area contributed by atoms with Crippen molar-refractivity contribution in [2.24, 2.45) is 0 Å². The Balaban J connectivity index is 2.29. The number of hydrogen-bond donors (Lipinski definition) is 0. The van der Waals surface area contributed by atoms with Gasteiger partial charge in [-0.25, -0.2) is 4.39 Å². The first kappa shape index (κ1) is 8.97. The topological polar surface area (TPSA) is 20.3 Å². The van der Waals surface area contributed by atoms with Crippen LogP contribution in [0.1, 0.15) is 6.92 Å². The molecule has 0 saturated carbocycles. The van der Waals surface area contributed by atoms with Crippen molar-refractivity contribution in [2.75, 3.05) is 13.1 Å². The molecule has 12 heavy (non-hydrogen) atoms. The van der Waals surface area contributed by atoms with Gasteiger partial charge in [-0.05, 0) is 6.92 Å². The number of hydrogen-bond acceptors (Lipinski definition) is 1. The first-order valence-corrected chi connectivity index (χ1v) is 3.96. The summed E-state index contributed by atoms with van der Waals surface area (Å²) in [5.74, 6) is -0.109. The van der Waals surface area contributed by atoms with Gasteiger partial charge in [-0.1, -0.05) is 18.2 Å². The van der Waals surface area contributed by atoms with Crippen LogP contribution in [0.4, 0.5) is 4.39 Å². The van der Waals surface area contributed by atoms with E-state index >= 15 is 0 Å². The summed E-state index contributed by atoms with van der Waals surface area (Å²) < 4.78 is 12.3. The molecule has 0 atom stereocenters. The van der Waals surface area contributed by atoms with Gasteiger partial charge in [0.25, 0.3) is 0 Å². The maximum absolute atomic E-state index is 12.3. The number of halogens is 1. The molecule has 0 aromatic heterocycles. The van der Waals surface area contributed by atoms with Crippen molar-refractivity contribution >= 4 is 5.91 Å². The summed E-state index contributed by atoms with van der Waals surface area (Å²) in [6, 6.07) is 0. The van der Waals surface area contributed by atoms with Crippen molar-refractivity contribution in [1.82, 2.24) is 4.90 Å². The molecule has 66 valence electrons. The minimum absolute atomic E-state index is 0.109. The van der Waals surface area contributed by atoms with Crippen molar-refractivity contribution in [2.45, 2.75) is 13.1 Å². The highest BCUT2D eigenvalue weighted by molar-refractivity contribution is 5.88. The smallest absolute Gasteiger partial charge is 0.246 e. The molecule has 1 rings (SSSR count). The molecule has 0 aliphatic carbocycles. The minimum atomic E-state index is -0.816. The maximum atomic E-state index is 12.3. The van der Waals surface area contributed by atoms with E-state index in [9.17, 15) is 9.18 Å². The van der Waals surface area contributed by atoms with Crippen LogP contribution in [0.3, 0.4) is 0 Å². The summed E-state index contributed by atoms with van der Waals surface area (Å²) in [6.45, 7) is 2.37. The first-order valence-electron chi connectivity index (χ1n) is 3.96. The zero-order valence-electron chi connectivity index (χ0n) is 7.03. The number of likely N-dealkylation sites (tertiary alicyclic amines) is 1. The van der Waals surface area contributed by atoms with Crippen LogP contribution in [0, 0.1) is 0 Å². The molecule has 1 aliphatic heterocycles. The fourth-order valence-electron chi connectivity index (χ4n) is 0.959. The zero-order valence-corrected chi connectivity index (χ0v) is 7.03. The van der Waals surface area contributed by atoms with Gasteiger partial charge in [0, 0.05) is 6.08 Å².